The summed E-state index contributed by atoms with van der Waals surface area (Å²) in [6.07, 6.45) is 4.04. The van der Waals surface area contributed by atoms with Crippen LogP contribution in [-0.2, 0) is 9.59 Å². The quantitative estimate of drug-likeness (QED) is 0.611. The number of carbonyl (C=O) groups is 2. The maximum absolute atomic E-state index is 10.7. The van der Waals surface area contributed by atoms with Gasteiger partial charge in [0.25, 0.3) is 0 Å². The van der Waals surface area contributed by atoms with Crippen molar-refractivity contribution in [2.24, 2.45) is 17.6 Å². The SMILES string of the molecule is CCC[C@@H](CC)C(C=O)CC(N)=O. The molecule has 0 saturated heterocycles. The first kappa shape index (κ1) is 12.1. The Kier molecular flexibility index (Phi) is 6.20. The normalized spacial score (nSPS) is 14.9. The molecule has 0 aliphatic heterocycles. The molecule has 0 aliphatic rings. The predicted molar refractivity (Wildman–Crippen MR) is 52.1 cm³/mol. The van der Waals surface area contributed by atoms with Gasteiger partial charge in [0, 0.05) is 12.3 Å². The molecule has 0 heterocycles. The monoisotopic (exact) mass is 185 g/mol. The van der Waals surface area contributed by atoms with Gasteiger partial charge >= 0.3 is 0 Å². The Balaban J connectivity index is 4.15. The molecule has 0 bridgehead atoms. The molecule has 0 aromatic carbocycles. The van der Waals surface area contributed by atoms with Gasteiger partial charge < -0.3 is 10.5 Å². The van der Waals surface area contributed by atoms with Gasteiger partial charge in [0.05, 0.1) is 0 Å². The van der Waals surface area contributed by atoms with E-state index in [4.69, 9.17) is 5.73 Å². The van der Waals surface area contributed by atoms with Crippen LogP contribution >= 0.6 is 0 Å². The van der Waals surface area contributed by atoms with Crippen LogP contribution in [0, 0.1) is 11.8 Å². The second-order valence-electron chi connectivity index (χ2n) is 3.43. The fraction of sp³-hybridized carbons (Fsp3) is 0.800. The van der Waals surface area contributed by atoms with Crippen molar-refractivity contribution in [3.05, 3.63) is 0 Å². The number of hydrogen-bond acceptors (Lipinski definition) is 2. The van der Waals surface area contributed by atoms with Gasteiger partial charge in [0.1, 0.15) is 6.29 Å². The predicted octanol–water partition coefficient (Wildman–Crippen LogP) is 1.50. The summed E-state index contributed by atoms with van der Waals surface area (Å²) in [5, 5.41) is 0. The van der Waals surface area contributed by atoms with Crippen LogP contribution in [0.2, 0.25) is 0 Å². The molecular formula is C10H19NO2. The van der Waals surface area contributed by atoms with Crippen molar-refractivity contribution in [3.8, 4) is 0 Å². The van der Waals surface area contributed by atoms with Gasteiger partial charge in [-0.25, -0.2) is 0 Å². The number of amides is 1. The van der Waals surface area contributed by atoms with Crippen molar-refractivity contribution >= 4 is 12.2 Å². The Morgan fingerprint density at radius 2 is 2.08 bits per heavy atom. The Hall–Kier alpha value is -0.860. The van der Waals surface area contributed by atoms with E-state index in [0.717, 1.165) is 25.5 Å². The van der Waals surface area contributed by atoms with Crippen LogP contribution in [0.3, 0.4) is 0 Å². The molecule has 0 rings (SSSR count). The smallest absolute Gasteiger partial charge is 0.218 e. The third-order valence-corrected chi connectivity index (χ3v) is 2.40. The molecule has 0 fully saturated rings. The lowest BCUT2D eigenvalue weighted by Gasteiger charge is -2.19. The molecule has 13 heavy (non-hydrogen) atoms. The van der Waals surface area contributed by atoms with E-state index in [0.29, 0.717) is 5.92 Å². The highest BCUT2D eigenvalue weighted by Crippen LogP contribution is 2.22. The largest absolute Gasteiger partial charge is 0.370 e. The van der Waals surface area contributed by atoms with E-state index >= 15 is 0 Å². The van der Waals surface area contributed by atoms with Crippen LogP contribution in [0.5, 0.6) is 0 Å². The van der Waals surface area contributed by atoms with E-state index in [1.807, 2.05) is 6.92 Å². The first-order valence-corrected chi connectivity index (χ1v) is 4.89. The van der Waals surface area contributed by atoms with Crippen LogP contribution in [0.1, 0.15) is 39.5 Å². The minimum absolute atomic E-state index is 0.178. The fourth-order valence-corrected chi connectivity index (χ4v) is 1.65. The number of aldehydes is 1. The summed E-state index contributed by atoms with van der Waals surface area (Å²) in [6, 6.07) is 0. The highest BCUT2D eigenvalue weighted by Gasteiger charge is 2.20. The van der Waals surface area contributed by atoms with Crippen molar-refractivity contribution in [1.29, 1.82) is 0 Å². The van der Waals surface area contributed by atoms with Crippen LogP contribution in [-0.4, -0.2) is 12.2 Å². The van der Waals surface area contributed by atoms with Crippen molar-refractivity contribution < 1.29 is 9.59 Å². The first-order chi connectivity index (χ1) is 6.15. The second kappa shape index (κ2) is 6.63. The average molecular weight is 185 g/mol. The fourth-order valence-electron chi connectivity index (χ4n) is 1.65. The first-order valence-electron chi connectivity index (χ1n) is 4.89. The molecule has 76 valence electrons. The summed E-state index contributed by atoms with van der Waals surface area (Å²) >= 11 is 0. The van der Waals surface area contributed by atoms with Crippen LogP contribution in [0.15, 0.2) is 0 Å². The highest BCUT2D eigenvalue weighted by atomic mass is 16.1. The Labute approximate surface area is 79.7 Å². The van der Waals surface area contributed by atoms with Gasteiger partial charge in [-0.3, -0.25) is 4.79 Å². The topological polar surface area (TPSA) is 60.2 Å². The number of nitrogens with two attached hydrogens (primary N) is 1. The molecule has 1 unspecified atom stereocenters. The van der Waals surface area contributed by atoms with Gasteiger partial charge in [-0.15, -0.1) is 0 Å². The second-order valence-corrected chi connectivity index (χ2v) is 3.43. The third kappa shape index (κ3) is 4.65. The maximum atomic E-state index is 10.7. The van der Waals surface area contributed by atoms with E-state index in [9.17, 15) is 9.59 Å². The summed E-state index contributed by atoms with van der Waals surface area (Å²) in [5.74, 6) is -0.246. The molecule has 0 aliphatic carbocycles. The van der Waals surface area contributed by atoms with Gasteiger partial charge in [0.2, 0.25) is 5.91 Å². The van der Waals surface area contributed by atoms with Crippen LogP contribution in [0.4, 0.5) is 0 Å². The molecule has 0 saturated carbocycles. The zero-order valence-electron chi connectivity index (χ0n) is 8.45. The van der Waals surface area contributed by atoms with Gasteiger partial charge in [-0.1, -0.05) is 33.1 Å². The van der Waals surface area contributed by atoms with E-state index in [2.05, 4.69) is 6.92 Å². The Bertz CT molecular complexity index is 168. The van der Waals surface area contributed by atoms with Gasteiger partial charge in [-0.2, -0.15) is 0 Å². The Morgan fingerprint density at radius 1 is 1.46 bits per heavy atom. The molecule has 0 aromatic heterocycles. The number of primary amides is 1. The number of hydrogen-bond donors (Lipinski definition) is 1. The van der Waals surface area contributed by atoms with Crippen LogP contribution in [0.25, 0.3) is 0 Å². The van der Waals surface area contributed by atoms with Crippen molar-refractivity contribution in [2.45, 2.75) is 39.5 Å². The lowest BCUT2D eigenvalue weighted by atomic mass is 9.85. The molecule has 0 spiro atoms. The van der Waals surface area contributed by atoms with E-state index in [1.165, 1.54) is 0 Å². The van der Waals surface area contributed by atoms with Crippen molar-refractivity contribution in [2.75, 3.05) is 0 Å². The summed E-state index contributed by atoms with van der Waals surface area (Å²) in [4.78, 5) is 21.4. The highest BCUT2D eigenvalue weighted by molar-refractivity contribution is 5.77. The number of carbonyl (C=O) groups excluding carboxylic acids is 2. The van der Waals surface area contributed by atoms with Crippen molar-refractivity contribution in [3.63, 3.8) is 0 Å². The van der Waals surface area contributed by atoms with Gasteiger partial charge in [-0.05, 0) is 5.92 Å². The molecule has 1 amide bonds. The maximum Gasteiger partial charge on any atom is 0.218 e. The molecule has 3 nitrogen and oxygen atoms in total. The molecule has 2 atom stereocenters. The van der Waals surface area contributed by atoms with E-state index in [-0.39, 0.29) is 18.2 Å². The minimum atomic E-state index is -0.383. The lowest BCUT2D eigenvalue weighted by Crippen LogP contribution is -2.23. The lowest BCUT2D eigenvalue weighted by molar-refractivity contribution is -0.123. The zero-order chi connectivity index (χ0) is 10.3. The Morgan fingerprint density at radius 3 is 2.38 bits per heavy atom. The van der Waals surface area contributed by atoms with E-state index in [1.54, 1.807) is 0 Å². The molecule has 2 N–H and O–H groups in total. The standard InChI is InChI=1S/C10H19NO2/c1-3-5-8(4-2)9(7-12)6-10(11)13/h7-9H,3-6H2,1-2H3,(H2,11,13)/t8-,9?/m1/s1. The summed E-state index contributed by atoms with van der Waals surface area (Å²) in [7, 11) is 0. The summed E-state index contributed by atoms with van der Waals surface area (Å²) in [5.41, 5.74) is 5.06. The van der Waals surface area contributed by atoms with Crippen molar-refractivity contribution in [1.82, 2.24) is 0 Å². The third-order valence-electron chi connectivity index (χ3n) is 2.40. The number of rotatable bonds is 7. The molecular weight excluding hydrogens is 166 g/mol. The molecule has 0 radical (unpaired) electrons. The zero-order valence-corrected chi connectivity index (χ0v) is 8.45. The molecule has 3 heteroatoms. The van der Waals surface area contributed by atoms with Gasteiger partial charge in [0.15, 0.2) is 0 Å². The summed E-state index contributed by atoms with van der Waals surface area (Å²) < 4.78 is 0. The van der Waals surface area contributed by atoms with Crippen LogP contribution < -0.4 is 5.73 Å². The average Bonchev–Trinajstić information content (AvgIpc) is 2.10. The minimum Gasteiger partial charge on any atom is -0.370 e. The van der Waals surface area contributed by atoms with E-state index < -0.39 is 0 Å². The summed E-state index contributed by atoms with van der Waals surface area (Å²) in [6.45, 7) is 4.12. The molecule has 0 aromatic rings.